The number of thioether (sulfide) groups is 1. The first kappa shape index (κ1) is 18.0. The summed E-state index contributed by atoms with van der Waals surface area (Å²) in [6.07, 6.45) is 0. The van der Waals surface area contributed by atoms with E-state index in [2.05, 4.69) is 0 Å². The number of nitrogens with zero attached hydrogens (tertiary/aromatic N) is 1. The number of carboxylic acids is 1. The van der Waals surface area contributed by atoms with Crippen LogP contribution in [0.25, 0.3) is 0 Å². The van der Waals surface area contributed by atoms with Crippen molar-refractivity contribution in [2.24, 2.45) is 5.92 Å². The van der Waals surface area contributed by atoms with E-state index in [0.29, 0.717) is 10.6 Å². The third-order valence-corrected chi connectivity index (χ3v) is 6.01. The minimum Gasteiger partial charge on any atom is -0.478 e. The average molecular weight is 333 g/mol. The Bertz CT molecular complexity index is 613. The first-order valence-electron chi connectivity index (χ1n) is 6.23. The van der Waals surface area contributed by atoms with Crippen LogP contribution >= 0.6 is 11.8 Å². The van der Waals surface area contributed by atoms with Crippen LogP contribution in [0.4, 0.5) is 0 Å². The molecule has 1 unspecified atom stereocenters. The highest BCUT2D eigenvalue weighted by atomic mass is 32.2. The van der Waals surface area contributed by atoms with Crippen LogP contribution in [-0.4, -0.2) is 55.4 Å². The zero-order valence-electron chi connectivity index (χ0n) is 12.1. The third kappa shape index (κ3) is 4.44. The van der Waals surface area contributed by atoms with Gasteiger partial charge in [0.25, 0.3) is 0 Å². The van der Waals surface area contributed by atoms with Gasteiger partial charge in [-0.15, -0.1) is 11.8 Å². The molecule has 2 N–H and O–H groups in total. The molecule has 1 atom stereocenters. The smallest absolute Gasteiger partial charge is 0.336 e. The lowest BCUT2D eigenvalue weighted by molar-refractivity contribution is 0.0693. The van der Waals surface area contributed by atoms with Gasteiger partial charge in [0.1, 0.15) is 0 Å². The maximum Gasteiger partial charge on any atom is 0.336 e. The number of aliphatic hydroxyl groups excluding tert-OH is 1. The maximum atomic E-state index is 12.0. The molecule has 1 aromatic carbocycles. The summed E-state index contributed by atoms with van der Waals surface area (Å²) in [6, 6.07) is 4.06. The predicted octanol–water partition coefficient (Wildman–Crippen LogP) is 1.36. The Balaban J connectivity index is 3.17. The molecule has 0 amide bonds. The Hall–Kier alpha value is -1.09. The molecule has 0 aliphatic rings. The Morgan fingerprint density at radius 2 is 2.00 bits per heavy atom. The van der Waals surface area contributed by atoms with Gasteiger partial charge in [-0.05, 0) is 24.1 Å². The van der Waals surface area contributed by atoms with Crippen LogP contribution in [0.15, 0.2) is 28.0 Å². The van der Waals surface area contributed by atoms with Crippen LogP contribution in [-0.2, 0) is 10.0 Å². The van der Waals surface area contributed by atoms with Crippen LogP contribution in [0.1, 0.15) is 17.3 Å². The quantitative estimate of drug-likeness (QED) is 0.732. The number of aromatic carboxylic acids is 1. The van der Waals surface area contributed by atoms with Gasteiger partial charge >= 0.3 is 5.97 Å². The monoisotopic (exact) mass is 333 g/mol. The van der Waals surface area contributed by atoms with E-state index >= 15 is 0 Å². The van der Waals surface area contributed by atoms with Gasteiger partial charge in [0.15, 0.2) is 0 Å². The molecule has 6 nitrogen and oxygen atoms in total. The molecule has 1 aromatic rings. The molecule has 21 heavy (non-hydrogen) atoms. The van der Waals surface area contributed by atoms with Crippen molar-refractivity contribution in [2.45, 2.75) is 16.7 Å². The van der Waals surface area contributed by atoms with Crippen molar-refractivity contribution in [1.82, 2.24) is 4.31 Å². The number of hydrogen-bond acceptors (Lipinski definition) is 5. The van der Waals surface area contributed by atoms with Crippen molar-refractivity contribution < 1.29 is 23.4 Å². The fraction of sp³-hybridized carbons (Fsp3) is 0.462. The molecule has 0 aliphatic heterocycles. The molecule has 0 saturated heterocycles. The molecule has 8 heteroatoms. The minimum atomic E-state index is -3.66. The van der Waals surface area contributed by atoms with Gasteiger partial charge in [0.2, 0.25) is 10.0 Å². The lowest BCUT2D eigenvalue weighted by atomic mass is 10.2. The van der Waals surface area contributed by atoms with Crippen molar-refractivity contribution in [3.8, 4) is 0 Å². The van der Waals surface area contributed by atoms with E-state index < -0.39 is 16.0 Å². The van der Waals surface area contributed by atoms with Crippen molar-refractivity contribution >= 4 is 27.8 Å². The normalized spacial score (nSPS) is 13.4. The molecule has 0 saturated carbocycles. The molecular weight excluding hydrogens is 314 g/mol. The number of carboxylic acid groups (broad SMARTS) is 1. The summed E-state index contributed by atoms with van der Waals surface area (Å²) in [5.41, 5.74) is -0.0481. The van der Waals surface area contributed by atoms with Gasteiger partial charge in [-0.1, -0.05) is 6.92 Å². The van der Waals surface area contributed by atoms with Crippen molar-refractivity contribution in [2.75, 3.05) is 26.5 Å². The fourth-order valence-electron chi connectivity index (χ4n) is 1.46. The van der Waals surface area contributed by atoms with Crippen LogP contribution in [0, 0.1) is 5.92 Å². The lowest BCUT2D eigenvalue weighted by Gasteiger charge is -2.14. The zero-order valence-corrected chi connectivity index (χ0v) is 13.7. The molecule has 1 rings (SSSR count). The first-order valence-corrected chi connectivity index (χ1v) is 8.66. The standard InChI is InChI=1S/C13H19NO5S2/c1-9(7-15)8-20-12-5-4-10(6-11(12)13(16)17)21(18,19)14(2)3/h4-6,9,15H,7-8H2,1-3H3,(H,16,17). The van der Waals surface area contributed by atoms with Crippen LogP contribution in [0.2, 0.25) is 0 Å². The number of rotatable bonds is 7. The second-order valence-electron chi connectivity index (χ2n) is 4.85. The van der Waals surface area contributed by atoms with Crippen molar-refractivity contribution in [1.29, 1.82) is 0 Å². The highest BCUT2D eigenvalue weighted by Crippen LogP contribution is 2.28. The summed E-state index contributed by atoms with van der Waals surface area (Å²) < 4.78 is 25.1. The van der Waals surface area contributed by atoms with Gasteiger partial charge in [-0.25, -0.2) is 17.5 Å². The highest BCUT2D eigenvalue weighted by Gasteiger charge is 2.21. The Morgan fingerprint density at radius 3 is 2.48 bits per heavy atom. The van der Waals surface area contributed by atoms with Crippen molar-refractivity contribution in [3.63, 3.8) is 0 Å². The van der Waals surface area contributed by atoms with Crippen LogP contribution in [0.3, 0.4) is 0 Å². The van der Waals surface area contributed by atoms with Gasteiger partial charge in [0.05, 0.1) is 10.5 Å². The Morgan fingerprint density at radius 1 is 1.38 bits per heavy atom. The van der Waals surface area contributed by atoms with Crippen LogP contribution < -0.4 is 0 Å². The summed E-state index contributed by atoms with van der Waals surface area (Å²) in [4.78, 5) is 11.7. The molecule has 0 aliphatic carbocycles. The summed E-state index contributed by atoms with van der Waals surface area (Å²) in [5.74, 6) is -0.594. The Kier molecular flexibility index (Phi) is 6.21. The zero-order chi connectivity index (χ0) is 16.2. The number of carbonyl (C=O) groups is 1. The average Bonchev–Trinajstić information content (AvgIpc) is 2.43. The van der Waals surface area contributed by atoms with Gasteiger partial charge in [-0.3, -0.25) is 0 Å². The molecule has 0 aromatic heterocycles. The van der Waals surface area contributed by atoms with E-state index in [1.54, 1.807) is 0 Å². The van der Waals surface area contributed by atoms with E-state index in [-0.39, 0.29) is 23.0 Å². The summed E-state index contributed by atoms with van der Waals surface area (Å²) in [6.45, 7) is 1.86. The minimum absolute atomic E-state index is 0.0164. The van der Waals surface area contributed by atoms with E-state index in [9.17, 15) is 18.3 Å². The summed E-state index contributed by atoms with van der Waals surface area (Å²) in [7, 11) is -0.884. The second kappa shape index (κ2) is 7.26. The molecular formula is C13H19NO5S2. The highest BCUT2D eigenvalue weighted by molar-refractivity contribution is 7.99. The van der Waals surface area contributed by atoms with E-state index in [4.69, 9.17) is 5.11 Å². The predicted molar refractivity (Wildman–Crippen MR) is 81.2 cm³/mol. The van der Waals surface area contributed by atoms with Crippen molar-refractivity contribution in [3.05, 3.63) is 23.8 Å². The summed E-state index contributed by atoms with van der Waals surface area (Å²) in [5, 5.41) is 18.2. The number of hydrogen-bond donors (Lipinski definition) is 2. The molecule has 0 heterocycles. The fourth-order valence-corrected chi connectivity index (χ4v) is 3.42. The largest absolute Gasteiger partial charge is 0.478 e. The van der Waals surface area contributed by atoms with E-state index in [1.807, 2.05) is 6.92 Å². The molecule has 0 spiro atoms. The topological polar surface area (TPSA) is 94.9 Å². The number of aliphatic hydroxyl groups is 1. The SMILES string of the molecule is CC(CO)CSc1ccc(S(=O)(=O)N(C)C)cc1C(=O)O. The first-order chi connectivity index (χ1) is 9.70. The van der Waals surface area contributed by atoms with Crippen LogP contribution in [0.5, 0.6) is 0 Å². The molecule has 0 bridgehead atoms. The second-order valence-corrected chi connectivity index (χ2v) is 8.06. The van der Waals surface area contributed by atoms with E-state index in [0.717, 1.165) is 4.31 Å². The van der Waals surface area contributed by atoms with Gasteiger partial charge in [-0.2, -0.15) is 0 Å². The molecule has 118 valence electrons. The third-order valence-electron chi connectivity index (χ3n) is 2.80. The van der Waals surface area contributed by atoms with E-state index in [1.165, 1.54) is 44.1 Å². The molecule has 0 radical (unpaired) electrons. The number of benzene rings is 1. The lowest BCUT2D eigenvalue weighted by Crippen LogP contribution is -2.22. The van der Waals surface area contributed by atoms with Gasteiger partial charge < -0.3 is 10.2 Å². The summed E-state index contributed by atoms with van der Waals surface area (Å²) >= 11 is 1.29. The maximum absolute atomic E-state index is 12.0. The molecule has 0 fully saturated rings. The van der Waals surface area contributed by atoms with Gasteiger partial charge in [0, 0.05) is 31.4 Å². The number of sulfonamides is 1. The Labute approximate surface area is 128 Å².